The first-order valence-corrected chi connectivity index (χ1v) is 4.52. The molecule has 0 aliphatic carbocycles. The van der Waals surface area contributed by atoms with E-state index < -0.39 is 0 Å². The van der Waals surface area contributed by atoms with Crippen LogP contribution in [0.1, 0.15) is 13.8 Å². The third kappa shape index (κ3) is 5.60. The molecule has 0 radical (unpaired) electrons. The van der Waals surface area contributed by atoms with Crippen LogP contribution < -0.4 is 5.32 Å². The third-order valence-electron chi connectivity index (χ3n) is 1.81. The van der Waals surface area contributed by atoms with Gasteiger partial charge in [-0.1, -0.05) is 13.8 Å². The Hall–Kier alpha value is -0.610. The van der Waals surface area contributed by atoms with E-state index in [-0.39, 0.29) is 24.5 Å². The number of nitrogens with zero attached hydrogens (tertiary/aromatic N) is 1. The van der Waals surface area contributed by atoms with E-state index in [2.05, 4.69) is 5.32 Å². The molecule has 4 nitrogen and oxygen atoms in total. The Morgan fingerprint density at radius 2 is 2.00 bits per heavy atom. The predicted octanol–water partition coefficient (Wildman–Crippen LogP) is -0.319. The second-order valence-electron chi connectivity index (χ2n) is 3.84. The lowest BCUT2D eigenvalue weighted by Crippen LogP contribution is -2.44. The van der Waals surface area contributed by atoms with E-state index in [0.717, 1.165) is 0 Å². The summed E-state index contributed by atoms with van der Waals surface area (Å²) in [6.07, 6.45) is 0. The van der Waals surface area contributed by atoms with Crippen molar-refractivity contribution in [2.45, 2.75) is 19.9 Å². The lowest BCUT2D eigenvalue weighted by atomic mass is 10.1. The van der Waals surface area contributed by atoms with E-state index in [0.29, 0.717) is 6.54 Å². The molecule has 0 aliphatic rings. The molecule has 0 bridgehead atoms. The first-order valence-electron chi connectivity index (χ1n) is 4.52. The zero-order valence-corrected chi connectivity index (χ0v) is 8.87. The molecule has 0 spiro atoms. The third-order valence-corrected chi connectivity index (χ3v) is 1.81. The van der Waals surface area contributed by atoms with Crippen LogP contribution in [0.4, 0.5) is 0 Å². The lowest BCUT2D eigenvalue weighted by Gasteiger charge is -2.20. The average Bonchev–Trinajstić information content (AvgIpc) is 1.98. The number of carbonyl (C=O) groups excluding carboxylic acids is 1. The zero-order valence-electron chi connectivity index (χ0n) is 8.87. The van der Waals surface area contributed by atoms with Crippen molar-refractivity contribution in [1.82, 2.24) is 10.2 Å². The number of likely N-dealkylation sites (N-methyl/N-ethyl adjacent to an activating group) is 1. The van der Waals surface area contributed by atoms with Crippen LogP contribution in [0.25, 0.3) is 0 Å². The summed E-state index contributed by atoms with van der Waals surface area (Å²) in [5.74, 6) is 0.217. The average molecular weight is 188 g/mol. The van der Waals surface area contributed by atoms with Gasteiger partial charge in [-0.05, 0) is 20.0 Å². The number of carbonyl (C=O) groups is 1. The maximum atomic E-state index is 11.3. The molecule has 2 N–H and O–H groups in total. The number of nitrogens with one attached hydrogen (secondary N) is 1. The molecule has 1 amide bonds. The molecule has 0 saturated heterocycles. The van der Waals surface area contributed by atoms with Crippen LogP contribution in [0.15, 0.2) is 0 Å². The Bertz CT molecular complexity index is 158. The maximum Gasteiger partial charge on any atom is 0.234 e. The van der Waals surface area contributed by atoms with Gasteiger partial charge in [0.05, 0.1) is 19.2 Å². The van der Waals surface area contributed by atoms with Gasteiger partial charge < -0.3 is 15.3 Å². The maximum absolute atomic E-state index is 11.3. The molecule has 0 heterocycles. The van der Waals surface area contributed by atoms with Crippen molar-refractivity contribution in [3.63, 3.8) is 0 Å². The van der Waals surface area contributed by atoms with Crippen molar-refractivity contribution < 1.29 is 9.90 Å². The highest BCUT2D eigenvalue weighted by molar-refractivity contribution is 5.78. The second kappa shape index (κ2) is 5.94. The number of aliphatic hydroxyl groups excluding tert-OH is 1. The summed E-state index contributed by atoms with van der Waals surface area (Å²) in [7, 11) is 3.67. The molecule has 0 rings (SSSR count). The fraction of sp³-hybridized carbons (Fsp3) is 0.889. The van der Waals surface area contributed by atoms with E-state index in [4.69, 9.17) is 5.11 Å². The topological polar surface area (TPSA) is 52.6 Å². The summed E-state index contributed by atoms with van der Waals surface area (Å²) < 4.78 is 0. The highest BCUT2D eigenvalue weighted by Crippen LogP contribution is 1.99. The number of amides is 1. The van der Waals surface area contributed by atoms with Crippen molar-refractivity contribution >= 4 is 5.91 Å². The van der Waals surface area contributed by atoms with E-state index in [1.807, 2.05) is 27.9 Å². The van der Waals surface area contributed by atoms with E-state index >= 15 is 0 Å². The second-order valence-corrected chi connectivity index (χ2v) is 3.84. The summed E-state index contributed by atoms with van der Waals surface area (Å²) >= 11 is 0. The monoisotopic (exact) mass is 188 g/mol. The van der Waals surface area contributed by atoms with E-state index in [9.17, 15) is 4.79 Å². The molecular formula is C9H20N2O2. The van der Waals surface area contributed by atoms with Crippen molar-refractivity contribution in [2.75, 3.05) is 27.2 Å². The van der Waals surface area contributed by atoms with Crippen molar-refractivity contribution in [1.29, 1.82) is 0 Å². The molecule has 13 heavy (non-hydrogen) atoms. The molecule has 4 heteroatoms. The fourth-order valence-electron chi connectivity index (χ4n) is 0.963. The standard InChI is InChI=1S/C9H20N2O2/c1-7(2)8(6-12)10-9(13)5-11(3)4/h7-8,12H,5-6H2,1-4H3,(H,10,13). The Labute approximate surface area is 79.9 Å². The highest BCUT2D eigenvalue weighted by Gasteiger charge is 2.14. The first-order chi connectivity index (χ1) is 5.97. The lowest BCUT2D eigenvalue weighted by molar-refractivity contribution is -0.123. The van der Waals surface area contributed by atoms with Gasteiger partial charge in [-0.2, -0.15) is 0 Å². The van der Waals surface area contributed by atoms with Gasteiger partial charge in [0.25, 0.3) is 0 Å². The molecule has 0 saturated carbocycles. The predicted molar refractivity (Wildman–Crippen MR) is 52.4 cm³/mol. The van der Waals surface area contributed by atoms with Gasteiger partial charge in [-0.25, -0.2) is 0 Å². The molecule has 0 fully saturated rings. The van der Waals surface area contributed by atoms with E-state index in [1.54, 1.807) is 4.90 Å². The number of rotatable bonds is 5. The molecule has 78 valence electrons. The molecule has 0 aromatic heterocycles. The Morgan fingerprint density at radius 1 is 1.46 bits per heavy atom. The zero-order chi connectivity index (χ0) is 10.4. The first kappa shape index (κ1) is 12.4. The Morgan fingerprint density at radius 3 is 2.31 bits per heavy atom. The minimum absolute atomic E-state index is 0.00314. The van der Waals surface area contributed by atoms with Gasteiger partial charge >= 0.3 is 0 Å². The van der Waals surface area contributed by atoms with Gasteiger partial charge in [0, 0.05) is 0 Å². The fourth-order valence-corrected chi connectivity index (χ4v) is 0.963. The SMILES string of the molecule is CC(C)C(CO)NC(=O)CN(C)C. The minimum Gasteiger partial charge on any atom is -0.394 e. The van der Waals surface area contributed by atoms with Crippen LogP contribution in [-0.2, 0) is 4.79 Å². The van der Waals surface area contributed by atoms with Crippen LogP contribution in [-0.4, -0.2) is 49.2 Å². The summed E-state index contributed by atoms with van der Waals surface area (Å²) in [5.41, 5.74) is 0. The van der Waals surface area contributed by atoms with Crippen molar-refractivity contribution in [3.8, 4) is 0 Å². The molecule has 0 aromatic rings. The quantitative estimate of drug-likeness (QED) is 0.622. The van der Waals surface area contributed by atoms with E-state index in [1.165, 1.54) is 0 Å². The van der Waals surface area contributed by atoms with Crippen LogP contribution in [0, 0.1) is 5.92 Å². The van der Waals surface area contributed by atoms with Crippen LogP contribution in [0.3, 0.4) is 0 Å². The molecule has 0 aliphatic heterocycles. The smallest absolute Gasteiger partial charge is 0.234 e. The van der Waals surface area contributed by atoms with Gasteiger partial charge in [0.15, 0.2) is 0 Å². The number of hydrogen-bond donors (Lipinski definition) is 2. The normalized spacial score (nSPS) is 13.5. The van der Waals surface area contributed by atoms with Gasteiger partial charge in [0.2, 0.25) is 5.91 Å². The molecule has 0 aromatic carbocycles. The van der Waals surface area contributed by atoms with Crippen molar-refractivity contribution in [2.24, 2.45) is 5.92 Å². The van der Waals surface area contributed by atoms with Crippen LogP contribution >= 0.6 is 0 Å². The summed E-state index contributed by atoms with van der Waals surface area (Å²) in [4.78, 5) is 13.1. The number of aliphatic hydroxyl groups is 1. The Kier molecular flexibility index (Phi) is 5.66. The highest BCUT2D eigenvalue weighted by atomic mass is 16.3. The van der Waals surface area contributed by atoms with Crippen LogP contribution in [0.2, 0.25) is 0 Å². The van der Waals surface area contributed by atoms with Crippen LogP contribution in [0.5, 0.6) is 0 Å². The summed E-state index contributed by atoms with van der Waals surface area (Å²) in [6.45, 7) is 4.30. The minimum atomic E-state index is -0.132. The van der Waals surface area contributed by atoms with Gasteiger partial charge in [0.1, 0.15) is 0 Å². The molecular weight excluding hydrogens is 168 g/mol. The molecule has 1 unspecified atom stereocenters. The molecule has 1 atom stereocenters. The van der Waals surface area contributed by atoms with Gasteiger partial charge in [-0.15, -0.1) is 0 Å². The van der Waals surface area contributed by atoms with Crippen molar-refractivity contribution in [3.05, 3.63) is 0 Å². The number of hydrogen-bond acceptors (Lipinski definition) is 3. The summed E-state index contributed by atoms with van der Waals surface area (Å²) in [6, 6.07) is -0.132. The largest absolute Gasteiger partial charge is 0.394 e. The Balaban J connectivity index is 3.87. The van der Waals surface area contributed by atoms with Gasteiger partial charge in [-0.3, -0.25) is 4.79 Å². The summed E-state index contributed by atoms with van der Waals surface area (Å²) in [5, 5.41) is 11.7.